The Morgan fingerprint density at radius 1 is 1.53 bits per heavy atom. The van der Waals surface area contributed by atoms with E-state index < -0.39 is 0 Å². The molecule has 2 N–H and O–H groups in total. The molecule has 15 heavy (non-hydrogen) atoms. The number of rotatable bonds is 4. The lowest BCUT2D eigenvalue weighted by atomic mass is 10.2. The summed E-state index contributed by atoms with van der Waals surface area (Å²) in [4.78, 5) is 0. The highest BCUT2D eigenvalue weighted by molar-refractivity contribution is 5.53. The lowest BCUT2D eigenvalue weighted by molar-refractivity contribution is 0.251. The second kappa shape index (κ2) is 4.42. The van der Waals surface area contributed by atoms with Gasteiger partial charge >= 0.3 is 0 Å². The van der Waals surface area contributed by atoms with E-state index in [-0.39, 0.29) is 12.6 Å². The molecule has 4 nitrogen and oxygen atoms in total. The first-order valence-corrected chi connectivity index (χ1v) is 5.06. The molecule has 0 radical (unpaired) electrons. The van der Waals surface area contributed by atoms with Gasteiger partial charge in [-0.1, -0.05) is 6.07 Å². The van der Waals surface area contributed by atoms with Crippen LogP contribution in [0.25, 0.3) is 5.52 Å². The third kappa shape index (κ3) is 2.16. The Bertz CT molecular complexity index is 438. The third-order valence-electron chi connectivity index (χ3n) is 2.42. The fraction of sp³-hybridized carbons (Fsp3) is 0.364. The molecule has 0 fully saturated rings. The molecule has 4 heteroatoms. The van der Waals surface area contributed by atoms with Gasteiger partial charge in [0.2, 0.25) is 0 Å². The second-order valence-electron chi connectivity index (χ2n) is 3.66. The molecule has 0 bridgehead atoms. The average Bonchev–Trinajstić information content (AvgIpc) is 2.69. The van der Waals surface area contributed by atoms with Crippen molar-refractivity contribution in [1.82, 2.24) is 14.9 Å². The van der Waals surface area contributed by atoms with E-state index in [1.54, 1.807) is 0 Å². The first-order chi connectivity index (χ1) is 7.31. The minimum absolute atomic E-state index is 0.115. The summed E-state index contributed by atoms with van der Waals surface area (Å²) in [6.07, 6.45) is 3.78. The Labute approximate surface area is 88.5 Å². The van der Waals surface area contributed by atoms with Crippen LogP contribution in [-0.4, -0.2) is 27.4 Å². The number of aliphatic hydroxyl groups excluding tert-OH is 1. The van der Waals surface area contributed by atoms with Gasteiger partial charge in [0.05, 0.1) is 18.3 Å². The normalized spacial score (nSPS) is 13.2. The molecule has 80 valence electrons. The second-order valence-corrected chi connectivity index (χ2v) is 3.66. The Hall–Kier alpha value is -1.39. The van der Waals surface area contributed by atoms with Gasteiger partial charge in [0, 0.05) is 24.3 Å². The van der Waals surface area contributed by atoms with Gasteiger partial charge in [-0.3, -0.25) is 0 Å². The van der Waals surface area contributed by atoms with Crippen LogP contribution < -0.4 is 5.32 Å². The molecule has 0 saturated heterocycles. The van der Waals surface area contributed by atoms with Crippen molar-refractivity contribution >= 4 is 5.52 Å². The number of aliphatic hydroxyl groups is 1. The summed E-state index contributed by atoms with van der Waals surface area (Å²) in [5.41, 5.74) is 2.26. The van der Waals surface area contributed by atoms with E-state index >= 15 is 0 Å². The van der Waals surface area contributed by atoms with E-state index in [0.29, 0.717) is 0 Å². The van der Waals surface area contributed by atoms with Crippen LogP contribution in [0.3, 0.4) is 0 Å². The van der Waals surface area contributed by atoms with E-state index in [1.165, 1.54) is 0 Å². The van der Waals surface area contributed by atoms with Crippen LogP contribution in [0.1, 0.15) is 12.5 Å². The van der Waals surface area contributed by atoms with Crippen LogP contribution in [0.15, 0.2) is 30.6 Å². The number of nitrogens with one attached hydrogen (secondary N) is 1. The van der Waals surface area contributed by atoms with Crippen molar-refractivity contribution in [2.75, 3.05) is 6.61 Å². The highest BCUT2D eigenvalue weighted by atomic mass is 16.3. The van der Waals surface area contributed by atoms with Gasteiger partial charge in [0.15, 0.2) is 0 Å². The van der Waals surface area contributed by atoms with Gasteiger partial charge in [-0.2, -0.15) is 5.10 Å². The van der Waals surface area contributed by atoms with Crippen LogP contribution in [-0.2, 0) is 6.54 Å². The van der Waals surface area contributed by atoms with Gasteiger partial charge in [-0.25, -0.2) is 4.52 Å². The fourth-order valence-corrected chi connectivity index (χ4v) is 1.47. The first-order valence-electron chi connectivity index (χ1n) is 5.06. The zero-order chi connectivity index (χ0) is 10.7. The number of nitrogens with zero attached hydrogens (tertiary/aromatic N) is 2. The van der Waals surface area contributed by atoms with Crippen LogP contribution in [0.2, 0.25) is 0 Å². The number of fused-ring (bicyclic) bond motifs is 1. The molecule has 0 aliphatic carbocycles. The molecule has 0 amide bonds. The summed E-state index contributed by atoms with van der Waals surface area (Å²) < 4.78 is 1.85. The number of pyridine rings is 1. The van der Waals surface area contributed by atoms with Crippen molar-refractivity contribution in [3.63, 3.8) is 0 Å². The van der Waals surface area contributed by atoms with E-state index in [2.05, 4.69) is 10.4 Å². The molecule has 0 aromatic carbocycles. The van der Waals surface area contributed by atoms with Crippen molar-refractivity contribution in [2.24, 2.45) is 0 Å². The molecule has 2 aromatic rings. The molecule has 2 heterocycles. The maximum atomic E-state index is 8.89. The largest absolute Gasteiger partial charge is 0.395 e. The maximum Gasteiger partial charge on any atom is 0.0706 e. The number of hydrogen-bond donors (Lipinski definition) is 2. The van der Waals surface area contributed by atoms with Crippen molar-refractivity contribution in [3.05, 3.63) is 36.2 Å². The predicted molar refractivity (Wildman–Crippen MR) is 58.6 cm³/mol. The lowest BCUT2D eigenvalue weighted by Gasteiger charge is -2.09. The van der Waals surface area contributed by atoms with Gasteiger partial charge in [-0.15, -0.1) is 0 Å². The van der Waals surface area contributed by atoms with E-state index in [4.69, 9.17) is 5.11 Å². The number of aromatic nitrogens is 2. The van der Waals surface area contributed by atoms with Crippen LogP contribution in [0.4, 0.5) is 0 Å². The maximum absolute atomic E-state index is 8.89. The van der Waals surface area contributed by atoms with Crippen molar-refractivity contribution in [3.8, 4) is 0 Å². The van der Waals surface area contributed by atoms with Crippen molar-refractivity contribution in [1.29, 1.82) is 0 Å². The van der Waals surface area contributed by atoms with E-state index in [9.17, 15) is 0 Å². The summed E-state index contributed by atoms with van der Waals surface area (Å²) in [6.45, 7) is 2.83. The predicted octanol–water partition coefficient (Wildman–Crippen LogP) is 0.805. The minimum Gasteiger partial charge on any atom is -0.395 e. The zero-order valence-electron chi connectivity index (χ0n) is 8.72. The molecule has 0 aliphatic heterocycles. The quantitative estimate of drug-likeness (QED) is 0.776. The first kappa shape index (κ1) is 10.1. The summed E-state index contributed by atoms with van der Waals surface area (Å²) in [5, 5.41) is 16.4. The third-order valence-corrected chi connectivity index (χ3v) is 2.42. The standard InChI is InChI=1S/C11H15N3O/c1-9(8-15)12-6-10-7-13-14-5-3-2-4-11(10)14/h2-5,7,9,12,15H,6,8H2,1H3/t9-/m1/s1. The lowest BCUT2D eigenvalue weighted by Crippen LogP contribution is -2.28. The van der Waals surface area contributed by atoms with Gasteiger partial charge in [0.25, 0.3) is 0 Å². The fourth-order valence-electron chi connectivity index (χ4n) is 1.47. The van der Waals surface area contributed by atoms with Gasteiger partial charge in [-0.05, 0) is 19.1 Å². The summed E-state index contributed by atoms with van der Waals surface area (Å²) in [6, 6.07) is 6.10. The van der Waals surface area contributed by atoms with Crippen molar-refractivity contribution < 1.29 is 5.11 Å². The molecule has 0 aliphatic rings. The molecule has 1 atom stereocenters. The van der Waals surface area contributed by atoms with E-state index in [1.807, 2.05) is 42.0 Å². The molecular weight excluding hydrogens is 190 g/mol. The summed E-state index contributed by atoms with van der Waals surface area (Å²) in [5.74, 6) is 0. The number of hydrogen-bond acceptors (Lipinski definition) is 3. The zero-order valence-corrected chi connectivity index (χ0v) is 8.72. The molecule has 0 saturated carbocycles. The van der Waals surface area contributed by atoms with Gasteiger partial charge in [0.1, 0.15) is 0 Å². The summed E-state index contributed by atoms with van der Waals surface area (Å²) >= 11 is 0. The molecule has 0 spiro atoms. The highest BCUT2D eigenvalue weighted by Gasteiger charge is 2.04. The Morgan fingerprint density at radius 2 is 2.40 bits per heavy atom. The molecular formula is C11H15N3O. The van der Waals surface area contributed by atoms with Crippen molar-refractivity contribution in [2.45, 2.75) is 19.5 Å². The highest BCUT2D eigenvalue weighted by Crippen LogP contribution is 2.09. The SMILES string of the molecule is C[C@H](CO)NCc1cnn2ccccc12. The van der Waals surface area contributed by atoms with E-state index in [0.717, 1.165) is 17.6 Å². The summed E-state index contributed by atoms with van der Waals surface area (Å²) in [7, 11) is 0. The molecule has 2 aromatic heterocycles. The average molecular weight is 205 g/mol. The van der Waals surface area contributed by atoms with Gasteiger partial charge < -0.3 is 10.4 Å². The monoisotopic (exact) mass is 205 g/mol. The Balaban J connectivity index is 2.14. The smallest absolute Gasteiger partial charge is 0.0706 e. The molecule has 0 unspecified atom stereocenters. The minimum atomic E-state index is 0.115. The van der Waals surface area contributed by atoms with Crippen LogP contribution >= 0.6 is 0 Å². The van der Waals surface area contributed by atoms with Crippen LogP contribution in [0, 0.1) is 0 Å². The topological polar surface area (TPSA) is 49.6 Å². The Kier molecular flexibility index (Phi) is 2.99. The van der Waals surface area contributed by atoms with Crippen LogP contribution in [0.5, 0.6) is 0 Å². The Morgan fingerprint density at radius 3 is 3.20 bits per heavy atom. The molecule has 2 rings (SSSR count).